The minimum Gasteiger partial charge on any atom is -0.355 e. The molecule has 0 unspecified atom stereocenters. The molecule has 1 spiro atoms. The van der Waals surface area contributed by atoms with Crippen molar-refractivity contribution in [2.24, 2.45) is 0 Å². The van der Waals surface area contributed by atoms with E-state index in [-0.39, 0.29) is 24.4 Å². The van der Waals surface area contributed by atoms with Crippen LogP contribution in [0.1, 0.15) is 19.8 Å². The zero-order chi connectivity index (χ0) is 22.6. The molecule has 168 valence electrons. The van der Waals surface area contributed by atoms with E-state index in [0.717, 1.165) is 11.4 Å². The predicted molar refractivity (Wildman–Crippen MR) is 123 cm³/mol. The van der Waals surface area contributed by atoms with Gasteiger partial charge in [-0.2, -0.15) is 0 Å². The second-order valence-corrected chi connectivity index (χ2v) is 8.18. The lowest BCUT2D eigenvalue weighted by Crippen LogP contribution is -2.58. The van der Waals surface area contributed by atoms with Crippen LogP contribution in [0.15, 0.2) is 60.7 Å². The summed E-state index contributed by atoms with van der Waals surface area (Å²) in [7, 11) is 0. The van der Waals surface area contributed by atoms with E-state index in [2.05, 4.69) is 15.5 Å². The maximum absolute atomic E-state index is 13.6. The lowest BCUT2D eigenvalue weighted by atomic mass is 9.85. The first-order chi connectivity index (χ1) is 15.5. The number of likely N-dealkylation sites (N-methyl/N-ethyl adjacent to an activating group) is 1. The maximum Gasteiger partial charge on any atom is 0.321 e. The molecule has 0 atom stereocenters. The minimum atomic E-state index is -0.753. The zero-order valence-electron chi connectivity index (χ0n) is 18.3. The molecule has 2 saturated heterocycles. The molecule has 0 radical (unpaired) electrons. The molecule has 2 aromatic carbocycles. The fourth-order valence-corrected chi connectivity index (χ4v) is 4.55. The van der Waals surface area contributed by atoms with Crippen LogP contribution in [-0.2, 0) is 9.59 Å². The highest BCUT2D eigenvalue weighted by Gasteiger charge is 2.54. The highest BCUT2D eigenvalue weighted by atomic mass is 16.2. The molecule has 8 nitrogen and oxygen atoms in total. The molecule has 0 aromatic heterocycles. The number of benzene rings is 2. The Bertz CT molecular complexity index is 958. The molecule has 2 aliphatic rings. The maximum atomic E-state index is 13.6. The number of rotatable bonds is 5. The van der Waals surface area contributed by atoms with Crippen molar-refractivity contribution in [3.05, 3.63) is 60.7 Å². The Morgan fingerprint density at radius 1 is 0.969 bits per heavy atom. The molecule has 2 N–H and O–H groups in total. The Labute approximate surface area is 188 Å². The predicted octanol–water partition coefficient (Wildman–Crippen LogP) is 2.50. The van der Waals surface area contributed by atoms with Crippen LogP contribution in [-0.4, -0.2) is 66.0 Å². The molecule has 0 aliphatic carbocycles. The average molecular weight is 436 g/mol. The van der Waals surface area contributed by atoms with Gasteiger partial charge in [0, 0.05) is 31.0 Å². The second kappa shape index (κ2) is 9.30. The van der Waals surface area contributed by atoms with Crippen molar-refractivity contribution in [2.45, 2.75) is 25.3 Å². The number of hydrogen-bond donors (Lipinski definition) is 2. The van der Waals surface area contributed by atoms with Gasteiger partial charge in [-0.1, -0.05) is 36.4 Å². The van der Waals surface area contributed by atoms with Crippen molar-refractivity contribution in [1.29, 1.82) is 0 Å². The summed E-state index contributed by atoms with van der Waals surface area (Å²) in [5, 5.41) is 5.69. The van der Waals surface area contributed by atoms with Crippen LogP contribution in [0.3, 0.4) is 0 Å². The second-order valence-electron chi connectivity index (χ2n) is 8.18. The van der Waals surface area contributed by atoms with Gasteiger partial charge < -0.3 is 25.3 Å². The molecule has 2 aliphatic heterocycles. The number of nitrogens with one attached hydrogen (secondary N) is 2. The summed E-state index contributed by atoms with van der Waals surface area (Å²) in [6.07, 6.45) is 1.02. The fourth-order valence-electron chi connectivity index (χ4n) is 4.55. The van der Waals surface area contributed by atoms with E-state index < -0.39 is 5.54 Å². The van der Waals surface area contributed by atoms with Crippen molar-refractivity contribution in [3.8, 4) is 0 Å². The SMILES string of the molecule is CCNC(=O)CN1CN(c2ccccc2)C2(CCN(C(=O)Nc3ccccc3)CC2)C1=O. The Morgan fingerprint density at radius 2 is 1.59 bits per heavy atom. The summed E-state index contributed by atoms with van der Waals surface area (Å²) in [4.78, 5) is 44.0. The molecular formula is C24H29N5O3. The number of anilines is 2. The van der Waals surface area contributed by atoms with Gasteiger partial charge >= 0.3 is 6.03 Å². The van der Waals surface area contributed by atoms with Crippen LogP contribution in [0, 0.1) is 0 Å². The summed E-state index contributed by atoms with van der Waals surface area (Å²) < 4.78 is 0. The van der Waals surface area contributed by atoms with Crippen LogP contribution in [0.4, 0.5) is 16.2 Å². The standard InChI is InChI=1S/C24H29N5O3/c1-2-25-21(30)17-28-18-29(20-11-7-4-8-12-20)24(22(28)31)13-15-27(16-14-24)23(32)26-19-9-5-3-6-10-19/h3-12H,2,13-18H2,1H3,(H,25,30)(H,26,32). The molecule has 32 heavy (non-hydrogen) atoms. The van der Waals surface area contributed by atoms with E-state index in [1.807, 2.05) is 67.6 Å². The van der Waals surface area contributed by atoms with Gasteiger partial charge in [-0.15, -0.1) is 0 Å². The largest absolute Gasteiger partial charge is 0.355 e. The molecule has 4 rings (SSSR count). The number of carbonyl (C=O) groups is 3. The molecule has 2 fully saturated rings. The van der Waals surface area contributed by atoms with Gasteiger partial charge in [-0.05, 0) is 44.0 Å². The van der Waals surface area contributed by atoms with E-state index in [1.54, 1.807) is 9.80 Å². The smallest absolute Gasteiger partial charge is 0.321 e. The molecule has 8 heteroatoms. The van der Waals surface area contributed by atoms with Crippen LogP contribution in [0.2, 0.25) is 0 Å². The Balaban J connectivity index is 1.51. The molecule has 0 bridgehead atoms. The molecule has 2 heterocycles. The van der Waals surface area contributed by atoms with Crippen molar-refractivity contribution in [2.75, 3.05) is 43.1 Å². The number of likely N-dealkylation sites (tertiary alicyclic amines) is 1. The van der Waals surface area contributed by atoms with E-state index in [0.29, 0.717) is 39.1 Å². The van der Waals surface area contributed by atoms with Crippen LogP contribution >= 0.6 is 0 Å². The summed E-state index contributed by atoms with van der Waals surface area (Å²) >= 11 is 0. The van der Waals surface area contributed by atoms with Crippen molar-refractivity contribution >= 4 is 29.2 Å². The molecular weight excluding hydrogens is 406 g/mol. The summed E-state index contributed by atoms with van der Waals surface area (Å²) in [5.74, 6) is -0.207. The van der Waals surface area contributed by atoms with Crippen molar-refractivity contribution < 1.29 is 14.4 Å². The third kappa shape index (κ3) is 4.26. The van der Waals surface area contributed by atoms with Crippen LogP contribution in [0.25, 0.3) is 0 Å². The lowest BCUT2D eigenvalue weighted by Gasteiger charge is -2.43. The van der Waals surface area contributed by atoms with E-state index >= 15 is 0 Å². The Morgan fingerprint density at radius 3 is 2.22 bits per heavy atom. The van der Waals surface area contributed by atoms with Gasteiger partial charge in [0.2, 0.25) is 5.91 Å². The van der Waals surface area contributed by atoms with Crippen molar-refractivity contribution in [3.63, 3.8) is 0 Å². The number of hydrogen-bond acceptors (Lipinski definition) is 4. The minimum absolute atomic E-state index is 0.0377. The molecule has 4 amide bonds. The monoisotopic (exact) mass is 435 g/mol. The van der Waals surface area contributed by atoms with Gasteiger partial charge in [-0.3, -0.25) is 9.59 Å². The normalized spacial score (nSPS) is 17.5. The van der Waals surface area contributed by atoms with Gasteiger partial charge in [0.15, 0.2) is 0 Å². The van der Waals surface area contributed by atoms with Crippen LogP contribution < -0.4 is 15.5 Å². The van der Waals surface area contributed by atoms with E-state index in [1.165, 1.54) is 0 Å². The lowest BCUT2D eigenvalue weighted by molar-refractivity contribution is -0.137. The number of para-hydroxylation sites is 2. The summed E-state index contributed by atoms with van der Waals surface area (Å²) in [5.41, 5.74) is 0.937. The topological polar surface area (TPSA) is 85.0 Å². The number of nitrogens with zero attached hydrogens (tertiary/aromatic N) is 3. The summed E-state index contributed by atoms with van der Waals surface area (Å²) in [6.45, 7) is 3.70. The van der Waals surface area contributed by atoms with E-state index in [4.69, 9.17) is 0 Å². The van der Waals surface area contributed by atoms with E-state index in [9.17, 15) is 14.4 Å². The van der Waals surface area contributed by atoms with Crippen molar-refractivity contribution in [1.82, 2.24) is 15.1 Å². The highest BCUT2D eigenvalue weighted by molar-refractivity contribution is 5.96. The first-order valence-electron chi connectivity index (χ1n) is 11.0. The third-order valence-electron chi connectivity index (χ3n) is 6.19. The third-order valence-corrected chi connectivity index (χ3v) is 6.19. The van der Waals surface area contributed by atoms with Gasteiger partial charge in [0.25, 0.3) is 5.91 Å². The van der Waals surface area contributed by atoms with Gasteiger partial charge in [0.1, 0.15) is 12.1 Å². The summed E-state index contributed by atoms with van der Waals surface area (Å²) in [6, 6.07) is 19.0. The molecule has 2 aromatic rings. The zero-order valence-corrected chi connectivity index (χ0v) is 18.3. The number of amides is 4. The molecule has 0 saturated carbocycles. The fraction of sp³-hybridized carbons (Fsp3) is 0.375. The Kier molecular flexibility index (Phi) is 6.30. The van der Waals surface area contributed by atoms with Gasteiger partial charge in [0.05, 0.1) is 6.67 Å². The number of carbonyl (C=O) groups excluding carboxylic acids is 3. The number of piperidine rings is 1. The van der Waals surface area contributed by atoms with Gasteiger partial charge in [-0.25, -0.2) is 4.79 Å². The first-order valence-corrected chi connectivity index (χ1v) is 11.0. The first kappa shape index (κ1) is 21.7. The average Bonchev–Trinajstić information content (AvgIpc) is 3.07. The Hall–Kier alpha value is -3.55. The highest BCUT2D eigenvalue weighted by Crippen LogP contribution is 2.39. The number of urea groups is 1. The van der Waals surface area contributed by atoms with Crippen LogP contribution in [0.5, 0.6) is 0 Å². The quantitative estimate of drug-likeness (QED) is 0.756.